The molecule has 1 rings (SSSR count). The Kier molecular flexibility index (Phi) is 3.31. The SMILES string of the molecule is CC(Cl)c1cnnn1C(C)C(C)C. The van der Waals surface area contributed by atoms with E-state index in [2.05, 4.69) is 31.1 Å². The Balaban J connectivity index is 2.93. The molecular weight excluding hydrogens is 186 g/mol. The smallest absolute Gasteiger partial charge is 0.0766 e. The highest BCUT2D eigenvalue weighted by molar-refractivity contribution is 6.20. The first-order chi connectivity index (χ1) is 6.04. The van der Waals surface area contributed by atoms with Crippen molar-refractivity contribution in [2.75, 3.05) is 0 Å². The van der Waals surface area contributed by atoms with Gasteiger partial charge in [-0.25, -0.2) is 4.68 Å². The van der Waals surface area contributed by atoms with Crippen LogP contribution in [0.2, 0.25) is 0 Å². The van der Waals surface area contributed by atoms with Gasteiger partial charge in [0, 0.05) is 0 Å². The van der Waals surface area contributed by atoms with Gasteiger partial charge in [-0.15, -0.1) is 16.7 Å². The predicted octanol–water partition coefficient (Wildman–Crippen LogP) is 2.79. The van der Waals surface area contributed by atoms with Crippen LogP contribution in [-0.2, 0) is 0 Å². The third-order valence-electron chi connectivity index (χ3n) is 2.36. The molecule has 0 aromatic carbocycles. The predicted molar refractivity (Wildman–Crippen MR) is 53.8 cm³/mol. The second-order valence-electron chi connectivity index (χ2n) is 3.70. The number of halogens is 1. The van der Waals surface area contributed by atoms with E-state index in [1.807, 2.05) is 11.6 Å². The zero-order valence-electron chi connectivity index (χ0n) is 8.53. The maximum atomic E-state index is 6.00. The lowest BCUT2D eigenvalue weighted by molar-refractivity contribution is 0.358. The quantitative estimate of drug-likeness (QED) is 0.705. The summed E-state index contributed by atoms with van der Waals surface area (Å²) < 4.78 is 1.91. The third kappa shape index (κ3) is 2.21. The fourth-order valence-corrected chi connectivity index (χ4v) is 1.29. The summed E-state index contributed by atoms with van der Waals surface area (Å²) in [7, 11) is 0. The van der Waals surface area contributed by atoms with Crippen LogP contribution in [0.15, 0.2) is 6.20 Å². The monoisotopic (exact) mass is 201 g/mol. The minimum atomic E-state index is -0.0313. The van der Waals surface area contributed by atoms with Crippen molar-refractivity contribution in [3.63, 3.8) is 0 Å². The lowest BCUT2D eigenvalue weighted by Gasteiger charge is -2.18. The first-order valence-electron chi connectivity index (χ1n) is 4.58. The summed E-state index contributed by atoms with van der Waals surface area (Å²) in [6.07, 6.45) is 1.73. The van der Waals surface area contributed by atoms with E-state index in [1.165, 1.54) is 0 Å². The third-order valence-corrected chi connectivity index (χ3v) is 2.58. The minimum Gasteiger partial charge on any atom is -0.245 e. The Morgan fingerprint density at radius 2 is 1.92 bits per heavy atom. The first kappa shape index (κ1) is 10.5. The topological polar surface area (TPSA) is 30.7 Å². The maximum Gasteiger partial charge on any atom is 0.0766 e. The molecule has 0 N–H and O–H groups in total. The fraction of sp³-hybridized carbons (Fsp3) is 0.778. The molecule has 0 amide bonds. The normalized spacial score (nSPS) is 16.2. The van der Waals surface area contributed by atoms with Crippen molar-refractivity contribution in [3.8, 4) is 0 Å². The van der Waals surface area contributed by atoms with Gasteiger partial charge in [0.1, 0.15) is 0 Å². The highest BCUT2D eigenvalue weighted by Crippen LogP contribution is 2.24. The van der Waals surface area contributed by atoms with Crippen LogP contribution in [0.4, 0.5) is 0 Å². The van der Waals surface area contributed by atoms with Crippen molar-refractivity contribution >= 4 is 11.6 Å². The standard InChI is InChI=1S/C9H16ClN3/c1-6(2)8(4)13-9(7(3)10)5-11-12-13/h5-8H,1-4H3. The lowest BCUT2D eigenvalue weighted by atomic mass is 10.1. The van der Waals surface area contributed by atoms with Crippen LogP contribution in [0.1, 0.15) is 44.8 Å². The molecule has 13 heavy (non-hydrogen) atoms. The first-order valence-corrected chi connectivity index (χ1v) is 5.01. The average Bonchev–Trinajstić information content (AvgIpc) is 2.50. The highest BCUT2D eigenvalue weighted by atomic mass is 35.5. The summed E-state index contributed by atoms with van der Waals surface area (Å²) in [5.41, 5.74) is 0.989. The summed E-state index contributed by atoms with van der Waals surface area (Å²) in [4.78, 5) is 0. The molecule has 1 aromatic heterocycles. The van der Waals surface area contributed by atoms with E-state index in [0.717, 1.165) is 5.69 Å². The molecule has 3 nitrogen and oxygen atoms in total. The number of hydrogen-bond acceptors (Lipinski definition) is 2. The van der Waals surface area contributed by atoms with Gasteiger partial charge in [0.15, 0.2) is 0 Å². The molecule has 0 aliphatic rings. The van der Waals surface area contributed by atoms with Crippen LogP contribution in [0.3, 0.4) is 0 Å². The van der Waals surface area contributed by atoms with Crippen LogP contribution in [0.25, 0.3) is 0 Å². The molecule has 0 fully saturated rings. The van der Waals surface area contributed by atoms with Gasteiger partial charge in [-0.3, -0.25) is 0 Å². The highest BCUT2D eigenvalue weighted by Gasteiger charge is 2.16. The Morgan fingerprint density at radius 3 is 2.38 bits per heavy atom. The number of aromatic nitrogens is 3. The number of rotatable bonds is 3. The van der Waals surface area contributed by atoms with Gasteiger partial charge in [0.05, 0.1) is 23.3 Å². The molecular formula is C9H16ClN3. The van der Waals surface area contributed by atoms with Crippen LogP contribution in [0, 0.1) is 5.92 Å². The fourth-order valence-electron chi connectivity index (χ4n) is 1.14. The average molecular weight is 202 g/mol. The van der Waals surface area contributed by atoms with E-state index in [1.54, 1.807) is 6.20 Å². The molecule has 0 spiro atoms. The van der Waals surface area contributed by atoms with Crippen molar-refractivity contribution in [1.29, 1.82) is 0 Å². The molecule has 74 valence electrons. The zero-order chi connectivity index (χ0) is 10.0. The molecule has 2 atom stereocenters. The van der Waals surface area contributed by atoms with Gasteiger partial charge in [-0.05, 0) is 19.8 Å². The molecule has 0 bridgehead atoms. The van der Waals surface area contributed by atoms with E-state index >= 15 is 0 Å². The van der Waals surface area contributed by atoms with Crippen LogP contribution in [0.5, 0.6) is 0 Å². The summed E-state index contributed by atoms with van der Waals surface area (Å²) in [6, 6.07) is 0.346. The van der Waals surface area contributed by atoms with Gasteiger partial charge in [0.2, 0.25) is 0 Å². The molecule has 0 aliphatic carbocycles. The molecule has 0 aliphatic heterocycles. The summed E-state index contributed by atoms with van der Waals surface area (Å²) in [5.74, 6) is 0.538. The zero-order valence-corrected chi connectivity index (χ0v) is 9.28. The largest absolute Gasteiger partial charge is 0.245 e. The second kappa shape index (κ2) is 4.09. The van der Waals surface area contributed by atoms with Crippen molar-refractivity contribution < 1.29 is 0 Å². The van der Waals surface area contributed by atoms with Crippen LogP contribution >= 0.6 is 11.6 Å². The van der Waals surface area contributed by atoms with E-state index < -0.39 is 0 Å². The van der Waals surface area contributed by atoms with Gasteiger partial charge < -0.3 is 0 Å². The van der Waals surface area contributed by atoms with E-state index in [-0.39, 0.29) is 5.38 Å². The van der Waals surface area contributed by atoms with Crippen molar-refractivity contribution in [1.82, 2.24) is 15.0 Å². The van der Waals surface area contributed by atoms with E-state index in [0.29, 0.717) is 12.0 Å². The van der Waals surface area contributed by atoms with Crippen molar-refractivity contribution in [3.05, 3.63) is 11.9 Å². The lowest BCUT2D eigenvalue weighted by Crippen LogP contribution is -2.16. The molecule has 0 radical (unpaired) electrons. The molecule has 2 unspecified atom stereocenters. The van der Waals surface area contributed by atoms with Gasteiger partial charge >= 0.3 is 0 Å². The summed E-state index contributed by atoms with van der Waals surface area (Å²) in [5, 5.41) is 7.88. The summed E-state index contributed by atoms with van der Waals surface area (Å²) >= 11 is 6.00. The Labute approximate surface area is 84.1 Å². The van der Waals surface area contributed by atoms with Gasteiger partial charge in [0.25, 0.3) is 0 Å². The number of hydrogen-bond donors (Lipinski definition) is 0. The summed E-state index contributed by atoms with van der Waals surface area (Å²) in [6.45, 7) is 8.38. The molecule has 1 heterocycles. The molecule has 0 saturated heterocycles. The van der Waals surface area contributed by atoms with Crippen molar-refractivity contribution in [2.45, 2.75) is 39.1 Å². The Morgan fingerprint density at radius 1 is 1.31 bits per heavy atom. The van der Waals surface area contributed by atoms with E-state index in [9.17, 15) is 0 Å². The van der Waals surface area contributed by atoms with Gasteiger partial charge in [-0.1, -0.05) is 19.1 Å². The molecule has 0 saturated carbocycles. The minimum absolute atomic E-state index is 0.0313. The van der Waals surface area contributed by atoms with Crippen LogP contribution < -0.4 is 0 Å². The van der Waals surface area contributed by atoms with Gasteiger partial charge in [-0.2, -0.15) is 0 Å². The Hall–Kier alpha value is -0.570. The Bertz CT molecular complexity index is 268. The molecule has 4 heteroatoms. The van der Waals surface area contributed by atoms with Crippen LogP contribution in [-0.4, -0.2) is 15.0 Å². The molecule has 1 aromatic rings. The van der Waals surface area contributed by atoms with E-state index in [4.69, 9.17) is 11.6 Å². The van der Waals surface area contributed by atoms with Crippen molar-refractivity contribution in [2.24, 2.45) is 5.92 Å². The second-order valence-corrected chi connectivity index (χ2v) is 4.36. The number of nitrogens with zero attached hydrogens (tertiary/aromatic N) is 3. The maximum absolute atomic E-state index is 6.00. The number of alkyl halides is 1.